The van der Waals surface area contributed by atoms with E-state index < -0.39 is 0 Å². The van der Waals surface area contributed by atoms with Gasteiger partial charge in [0.15, 0.2) is 0 Å². The van der Waals surface area contributed by atoms with Crippen LogP contribution in [0.25, 0.3) is 0 Å². The molecular weight excluding hydrogens is 297 g/mol. The van der Waals surface area contributed by atoms with E-state index in [0.717, 1.165) is 5.92 Å². The Morgan fingerprint density at radius 2 is 2.15 bits per heavy atom. The van der Waals surface area contributed by atoms with Crippen molar-refractivity contribution in [3.8, 4) is 0 Å². The van der Waals surface area contributed by atoms with Gasteiger partial charge in [0, 0.05) is 0 Å². The molecule has 3 heteroatoms. The summed E-state index contributed by atoms with van der Waals surface area (Å²) in [4.78, 5) is 1.25. The van der Waals surface area contributed by atoms with Crippen molar-refractivity contribution in [2.75, 3.05) is 5.75 Å². The van der Waals surface area contributed by atoms with E-state index in [-0.39, 0.29) is 0 Å². The summed E-state index contributed by atoms with van der Waals surface area (Å²) >= 11 is 6.12. The standard InChI is InChI=1S/C10H13S.BrH.Zn/c1-9(2)8-11-10-6-4-3-5-7-10;;/h3-6,9H,8H2,1-2H3;1H;/q-1;;+2/p-1. The summed E-state index contributed by atoms with van der Waals surface area (Å²) < 4.78 is 0. The Hall–Kier alpha value is 0.673. The third-order valence-electron chi connectivity index (χ3n) is 1.25. The molecule has 0 aromatic heterocycles. The second kappa shape index (κ2) is 9.24. The Kier molecular flexibility index (Phi) is 9.72. The van der Waals surface area contributed by atoms with E-state index in [1.165, 1.54) is 27.0 Å². The molecule has 1 rings (SSSR count). The number of thioether (sulfide) groups is 1. The van der Waals surface area contributed by atoms with E-state index in [0.29, 0.717) is 0 Å². The molecule has 0 spiro atoms. The van der Waals surface area contributed by atoms with Crippen LogP contribution in [0.4, 0.5) is 0 Å². The summed E-state index contributed by atoms with van der Waals surface area (Å²) in [6, 6.07) is 11.3. The number of rotatable bonds is 3. The van der Waals surface area contributed by atoms with Crippen molar-refractivity contribution < 1.29 is 16.3 Å². The molecule has 0 unspecified atom stereocenters. The minimum absolute atomic E-state index is 0.758. The van der Waals surface area contributed by atoms with E-state index in [1.807, 2.05) is 23.9 Å². The van der Waals surface area contributed by atoms with Crippen LogP contribution in [0.1, 0.15) is 13.8 Å². The van der Waals surface area contributed by atoms with Gasteiger partial charge in [-0.05, 0) is 11.7 Å². The van der Waals surface area contributed by atoms with E-state index in [9.17, 15) is 0 Å². The van der Waals surface area contributed by atoms with Gasteiger partial charge in [-0.1, -0.05) is 13.8 Å². The van der Waals surface area contributed by atoms with Crippen LogP contribution in [0.5, 0.6) is 0 Å². The molecule has 0 aliphatic rings. The second-order valence-electron chi connectivity index (χ2n) is 2.93. The molecule has 0 amide bonds. The van der Waals surface area contributed by atoms with Crippen LogP contribution in [0.3, 0.4) is 0 Å². The summed E-state index contributed by atoms with van der Waals surface area (Å²) in [5.41, 5.74) is 0. The Morgan fingerprint density at radius 1 is 1.46 bits per heavy atom. The van der Waals surface area contributed by atoms with E-state index in [2.05, 4.69) is 45.7 Å². The molecule has 0 aliphatic heterocycles. The minimum atomic E-state index is 0.758. The molecule has 13 heavy (non-hydrogen) atoms. The van der Waals surface area contributed by atoms with Gasteiger partial charge >= 0.3 is 30.0 Å². The summed E-state index contributed by atoms with van der Waals surface area (Å²) in [6.07, 6.45) is 0. The zero-order chi connectivity index (χ0) is 10.1. The van der Waals surface area contributed by atoms with Crippen molar-refractivity contribution >= 4 is 25.4 Å². The molecule has 0 saturated carbocycles. The molecule has 68 valence electrons. The van der Waals surface area contributed by atoms with E-state index in [1.54, 1.807) is 0 Å². The van der Waals surface area contributed by atoms with Crippen molar-refractivity contribution in [1.82, 2.24) is 0 Å². The Bertz CT molecular complexity index is 201. The fourth-order valence-electron chi connectivity index (χ4n) is 0.723. The molecule has 0 aliphatic carbocycles. The Morgan fingerprint density at radius 3 is 2.62 bits per heavy atom. The van der Waals surface area contributed by atoms with Gasteiger partial charge < -0.3 is 0 Å². The van der Waals surface area contributed by atoms with Gasteiger partial charge in [0.05, 0.1) is 0 Å². The Balaban J connectivity index is 0.000000671. The van der Waals surface area contributed by atoms with Crippen LogP contribution < -0.4 is 0 Å². The van der Waals surface area contributed by atoms with Gasteiger partial charge in [0.25, 0.3) is 0 Å². The molecule has 0 radical (unpaired) electrons. The monoisotopic (exact) mass is 308 g/mol. The number of hydrogen-bond acceptors (Lipinski definition) is 1. The predicted molar refractivity (Wildman–Crippen MR) is 59.8 cm³/mol. The average Bonchev–Trinajstić information content (AvgIpc) is 2.19. The van der Waals surface area contributed by atoms with Crippen LogP contribution >= 0.6 is 25.4 Å². The average molecular weight is 311 g/mol. The van der Waals surface area contributed by atoms with Crippen molar-refractivity contribution in [3.05, 3.63) is 30.3 Å². The maximum absolute atomic E-state index is 3.19. The number of hydrogen-bond donors (Lipinski definition) is 0. The number of halogens is 1. The molecule has 0 fully saturated rings. The maximum atomic E-state index is 3.19. The SMILES string of the molecule is CC(C)CSc1[c-]cccc1.[Zn+][Br]. The van der Waals surface area contributed by atoms with Gasteiger partial charge in [-0.3, -0.25) is 0 Å². The molecule has 0 nitrogen and oxygen atoms in total. The summed E-state index contributed by atoms with van der Waals surface area (Å²) in [7, 11) is 0. The van der Waals surface area contributed by atoms with Gasteiger partial charge in [-0.15, -0.1) is 4.90 Å². The molecular formula is C10H13BrSZn. The third-order valence-corrected chi connectivity index (χ3v) is 2.65. The normalized spacial score (nSPS) is 9.38. The fourth-order valence-corrected chi connectivity index (χ4v) is 1.56. The molecule has 0 heterocycles. The Labute approximate surface area is 102 Å². The second-order valence-corrected chi connectivity index (χ2v) is 3.99. The fraction of sp³-hybridized carbons (Fsp3) is 0.400. The quantitative estimate of drug-likeness (QED) is 0.460. The van der Waals surface area contributed by atoms with Gasteiger partial charge in [-0.25, -0.2) is 0 Å². The van der Waals surface area contributed by atoms with Gasteiger partial charge in [0.1, 0.15) is 0 Å². The van der Waals surface area contributed by atoms with Crippen molar-refractivity contribution in [3.63, 3.8) is 0 Å². The third kappa shape index (κ3) is 7.72. The van der Waals surface area contributed by atoms with Crippen LogP contribution in [-0.2, 0) is 16.3 Å². The first-order valence-electron chi connectivity index (χ1n) is 4.15. The predicted octanol–water partition coefficient (Wildman–Crippen LogP) is 4.08. The number of benzene rings is 1. The van der Waals surface area contributed by atoms with Crippen molar-refractivity contribution in [2.24, 2.45) is 5.92 Å². The molecule has 1 aromatic rings. The molecule has 0 N–H and O–H groups in total. The van der Waals surface area contributed by atoms with Crippen LogP contribution in [-0.4, -0.2) is 5.75 Å². The molecule has 1 aromatic carbocycles. The first kappa shape index (κ1) is 13.7. The first-order valence-corrected chi connectivity index (χ1v) is 12.1. The van der Waals surface area contributed by atoms with Crippen molar-refractivity contribution in [2.45, 2.75) is 18.7 Å². The van der Waals surface area contributed by atoms with Gasteiger partial charge in [-0.2, -0.15) is 42.1 Å². The van der Waals surface area contributed by atoms with Crippen LogP contribution in [0.2, 0.25) is 0 Å². The van der Waals surface area contributed by atoms with E-state index in [4.69, 9.17) is 0 Å². The zero-order valence-corrected chi connectivity index (χ0v) is 13.5. The van der Waals surface area contributed by atoms with E-state index >= 15 is 0 Å². The van der Waals surface area contributed by atoms with Gasteiger partial charge in [0.2, 0.25) is 0 Å². The molecule has 0 saturated heterocycles. The zero-order valence-electron chi connectivity index (χ0n) is 8.09. The van der Waals surface area contributed by atoms with Crippen LogP contribution in [0, 0.1) is 12.0 Å². The molecule has 0 atom stereocenters. The topological polar surface area (TPSA) is 0 Å². The summed E-state index contributed by atoms with van der Waals surface area (Å²) in [6.45, 7) is 4.46. The van der Waals surface area contributed by atoms with Crippen molar-refractivity contribution in [1.29, 1.82) is 0 Å². The summed E-state index contributed by atoms with van der Waals surface area (Å²) in [5.74, 6) is 1.94. The summed E-state index contributed by atoms with van der Waals surface area (Å²) in [5, 5.41) is 0. The van der Waals surface area contributed by atoms with Crippen LogP contribution in [0.15, 0.2) is 29.2 Å². The first-order chi connectivity index (χ1) is 6.29. The molecule has 0 bridgehead atoms.